The molecule has 1 atom stereocenters. The first-order chi connectivity index (χ1) is 7.22. The van der Waals surface area contributed by atoms with E-state index in [1.165, 1.54) is 0 Å². The number of amides is 1. The minimum absolute atomic E-state index is 0.0149. The predicted molar refractivity (Wildman–Crippen MR) is 56.5 cm³/mol. The molecule has 0 saturated carbocycles. The van der Waals surface area contributed by atoms with Crippen LogP contribution in [0.4, 0.5) is 0 Å². The van der Waals surface area contributed by atoms with Crippen LogP contribution in [0.25, 0.3) is 0 Å². The molecule has 1 aliphatic rings. The zero-order chi connectivity index (χ0) is 11.1. The third-order valence-electron chi connectivity index (χ3n) is 2.67. The molecule has 3 N–H and O–H groups in total. The Morgan fingerprint density at radius 1 is 1.67 bits per heavy atom. The third-order valence-corrected chi connectivity index (χ3v) is 2.67. The highest BCUT2D eigenvalue weighted by molar-refractivity contribution is 5.75. The maximum Gasteiger partial charge on any atom is 0.222 e. The van der Waals surface area contributed by atoms with Crippen LogP contribution in [0.5, 0.6) is 0 Å². The number of nitrogens with two attached hydrogens (primary N) is 1. The Balaban J connectivity index is 2.29. The topological polar surface area (TPSA) is 73.6 Å². The summed E-state index contributed by atoms with van der Waals surface area (Å²) in [6.07, 6.45) is 2.26. The first-order valence-corrected chi connectivity index (χ1v) is 5.35. The van der Waals surface area contributed by atoms with Gasteiger partial charge in [0.15, 0.2) is 0 Å². The van der Waals surface area contributed by atoms with Crippen LogP contribution < -0.4 is 11.1 Å². The smallest absolute Gasteiger partial charge is 0.222 e. The molecular formula is C10H20N2O3. The number of rotatable bonds is 5. The van der Waals surface area contributed by atoms with Gasteiger partial charge in [0.2, 0.25) is 5.91 Å². The van der Waals surface area contributed by atoms with Gasteiger partial charge in [0, 0.05) is 26.6 Å². The second-order valence-corrected chi connectivity index (χ2v) is 3.81. The fourth-order valence-electron chi connectivity index (χ4n) is 1.65. The zero-order valence-electron chi connectivity index (χ0n) is 9.25. The Morgan fingerprint density at radius 2 is 2.47 bits per heavy atom. The Labute approximate surface area is 90.3 Å². The van der Waals surface area contributed by atoms with E-state index in [2.05, 4.69) is 5.32 Å². The quantitative estimate of drug-likeness (QED) is 0.658. The molecule has 1 rings (SSSR count). The lowest BCUT2D eigenvalue weighted by Gasteiger charge is -2.35. The standard InChI is InChI=1S/C10H20N2O3/c1-12-9(13)3-6-15-10(7-11)4-2-5-14-8-10/h2-8,11H2,1H3,(H,12,13). The van der Waals surface area contributed by atoms with Crippen LogP contribution in [-0.4, -0.2) is 44.9 Å². The first kappa shape index (κ1) is 12.4. The molecule has 0 radical (unpaired) electrons. The molecular weight excluding hydrogens is 196 g/mol. The van der Waals surface area contributed by atoms with Crippen molar-refractivity contribution >= 4 is 5.91 Å². The van der Waals surface area contributed by atoms with Crippen molar-refractivity contribution in [3.63, 3.8) is 0 Å². The molecule has 15 heavy (non-hydrogen) atoms. The molecule has 0 aromatic rings. The monoisotopic (exact) mass is 216 g/mol. The minimum Gasteiger partial charge on any atom is -0.378 e. The van der Waals surface area contributed by atoms with E-state index in [0.29, 0.717) is 26.2 Å². The van der Waals surface area contributed by atoms with Crippen molar-refractivity contribution in [3.05, 3.63) is 0 Å². The summed E-state index contributed by atoms with van der Waals surface area (Å²) < 4.78 is 11.0. The summed E-state index contributed by atoms with van der Waals surface area (Å²) in [4.78, 5) is 11.0. The Morgan fingerprint density at radius 3 is 3.00 bits per heavy atom. The van der Waals surface area contributed by atoms with E-state index < -0.39 is 0 Å². The summed E-state index contributed by atoms with van der Waals surface area (Å²) >= 11 is 0. The van der Waals surface area contributed by atoms with E-state index in [1.807, 2.05) is 0 Å². The van der Waals surface area contributed by atoms with Gasteiger partial charge in [-0.3, -0.25) is 4.79 Å². The van der Waals surface area contributed by atoms with Crippen molar-refractivity contribution in [1.82, 2.24) is 5.32 Å². The van der Waals surface area contributed by atoms with Gasteiger partial charge in [0.05, 0.1) is 13.2 Å². The van der Waals surface area contributed by atoms with Gasteiger partial charge in [-0.25, -0.2) is 0 Å². The Hall–Kier alpha value is -0.650. The van der Waals surface area contributed by atoms with Crippen LogP contribution in [0.15, 0.2) is 0 Å². The first-order valence-electron chi connectivity index (χ1n) is 5.35. The van der Waals surface area contributed by atoms with Gasteiger partial charge in [-0.05, 0) is 12.8 Å². The van der Waals surface area contributed by atoms with Crippen LogP contribution in [0, 0.1) is 0 Å². The largest absolute Gasteiger partial charge is 0.378 e. The normalized spacial score (nSPS) is 26.3. The molecule has 5 heteroatoms. The average molecular weight is 216 g/mol. The van der Waals surface area contributed by atoms with Crippen LogP contribution >= 0.6 is 0 Å². The molecule has 1 unspecified atom stereocenters. The maximum absolute atomic E-state index is 11.0. The lowest BCUT2D eigenvalue weighted by Crippen LogP contribution is -2.48. The van der Waals surface area contributed by atoms with E-state index in [4.69, 9.17) is 15.2 Å². The molecule has 1 saturated heterocycles. The van der Waals surface area contributed by atoms with Crippen molar-refractivity contribution in [2.75, 3.05) is 33.4 Å². The number of hydrogen-bond donors (Lipinski definition) is 2. The van der Waals surface area contributed by atoms with Gasteiger partial charge in [0.1, 0.15) is 5.60 Å². The van der Waals surface area contributed by atoms with Crippen LogP contribution in [-0.2, 0) is 14.3 Å². The summed E-state index contributed by atoms with van der Waals surface area (Å²) in [5.41, 5.74) is 5.31. The maximum atomic E-state index is 11.0. The third kappa shape index (κ3) is 3.77. The van der Waals surface area contributed by atoms with E-state index in [-0.39, 0.29) is 11.5 Å². The number of carbonyl (C=O) groups excluding carboxylic acids is 1. The predicted octanol–water partition coefficient (Wildman–Crippen LogP) is -0.353. The fourth-order valence-corrected chi connectivity index (χ4v) is 1.65. The molecule has 1 amide bonds. The Kier molecular flexibility index (Phi) is 5.01. The molecule has 5 nitrogen and oxygen atoms in total. The van der Waals surface area contributed by atoms with E-state index >= 15 is 0 Å². The highest BCUT2D eigenvalue weighted by Crippen LogP contribution is 2.22. The van der Waals surface area contributed by atoms with Gasteiger partial charge in [-0.1, -0.05) is 0 Å². The molecule has 0 aromatic heterocycles. The van der Waals surface area contributed by atoms with Crippen molar-refractivity contribution < 1.29 is 14.3 Å². The summed E-state index contributed by atoms with van der Waals surface area (Å²) in [5, 5.41) is 2.55. The molecule has 0 aromatic carbocycles. The highest BCUT2D eigenvalue weighted by Gasteiger charge is 2.32. The summed E-state index contributed by atoms with van der Waals surface area (Å²) in [5.74, 6) is -0.0149. The number of carbonyl (C=O) groups is 1. The van der Waals surface area contributed by atoms with Gasteiger partial charge in [-0.2, -0.15) is 0 Å². The van der Waals surface area contributed by atoms with Crippen molar-refractivity contribution in [2.45, 2.75) is 24.9 Å². The molecule has 0 aliphatic carbocycles. The number of nitrogens with one attached hydrogen (secondary N) is 1. The molecule has 0 spiro atoms. The van der Waals surface area contributed by atoms with Crippen molar-refractivity contribution in [3.8, 4) is 0 Å². The number of ether oxygens (including phenoxy) is 2. The SMILES string of the molecule is CNC(=O)CCOC1(CN)CCCOC1. The molecule has 88 valence electrons. The molecule has 0 bridgehead atoms. The summed E-state index contributed by atoms with van der Waals surface area (Å²) in [6, 6.07) is 0. The van der Waals surface area contributed by atoms with Crippen molar-refractivity contribution in [1.29, 1.82) is 0 Å². The van der Waals surface area contributed by atoms with Gasteiger partial charge in [0.25, 0.3) is 0 Å². The van der Waals surface area contributed by atoms with Gasteiger partial charge < -0.3 is 20.5 Å². The fraction of sp³-hybridized carbons (Fsp3) is 0.900. The second kappa shape index (κ2) is 6.05. The van der Waals surface area contributed by atoms with Crippen molar-refractivity contribution in [2.24, 2.45) is 5.73 Å². The second-order valence-electron chi connectivity index (χ2n) is 3.81. The van der Waals surface area contributed by atoms with Crippen LogP contribution in [0.1, 0.15) is 19.3 Å². The van der Waals surface area contributed by atoms with Gasteiger partial charge in [-0.15, -0.1) is 0 Å². The summed E-state index contributed by atoms with van der Waals surface area (Å²) in [7, 11) is 1.62. The minimum atomic E-state index is -0.369. The molecule has 1 aliphatic heterocycles. The molecule has 1 fully saturated rings. The Bertz CT molecular complexity index is 203. The number of hydrogen-bond acceptors (Lipinski definition) is 4. The zero-order valence-corrected chi connectivity index (χ0v) is 9.25. The lowest BCUT2D eigenvalue weighted by molar-refractivity contribution is -0.134. The van der Waals surface area contributed by atoms with E-state index in [9.17, 15) is 4.79 Å². The highest BCUT2D eigenvalue weighted by atomic mass is 16.5. The van der Waals surface area contributed by atoms with E-state index in [1.54, 1.807) is 7.05 Å². The average Bonchev–Trinajstić information content (AvgIpc) is 2.30. The van der Waals surface area contributed by atoms with E-state index in [0.717, 1.165) is 19.4 Å². The van der Waals surface area contributed by atoms with Crippen LogP contribution in [0.3, 0.4) is 0 Å². The van der Waals surface area contributed by atoms with Crippen LogP contribution in [0.2, 0.25) is 0 Å². The lowest BCUT2D eigenvalue weighted by atomic mass is 9.96. The van der Waals surface area contributed by atoms with Gasteiger partial charge >= 0.3 is 0 Å². The molecule has 1 heterocycles. The summed E-state index contributed by atoms with van der Waals surface area (Å²) in [6.45, 7) is 2.17.